The van der Waals surface area contributed by atoms with Gasteiger partial charge in [0.2, 0.25) is 0 Å². The molecule has 36 heavy (non-hydrogen) atoms. The largest absolute Gasteiger partial charge is 0.423 e. The molecule has 3 saturated carbocycles. The summed E-state index contributed by atoms with van der Waals surface area (Å²) in [7, 11) is 0. The van der Waals surface area contributed by atoms with Crippen LogP contribution < -0.4 is 4.74 Å². The minimum absolute atomic E-state index is 0.0469. The van der Waals surface area contributed by atoms with Crippen molar-refractivity contribution >= 4 is 11.8 Å². The average Bonchev–Trinajstić information content (AvgIpc) is 2.92. The monoisotopic (exact) mass is 498 g/mol. The highest BCUT2D eigenvalue weighted by molar-refractivity contribution is 5.97. The van der Waals surface area contributed by atoms with E-state index in [1.165, 1.54) is 70.3 Å². The molecule has 3 nitrogen and oxygen atoms in total. The van der Waals surface area contributed by atoms with Gasteiger partial charge in [-0.25, -0.2) is 4.39 Å². The van der Waals surface area contributed by atoms with Gasteiger partial charge in [-0.1, -0.05) is 39.5 Å². The topological polar surface area (TPSA) is 43.4 Å². The predicted molar refractivity (Wildman–Crippen MR) is 143 cm³/mol. The smallest absolute Gasteiger partial charge is 0.314 e. The lowest BCUT2D eigenvalue weighted by Gasteiger charge is -2.41. The van der Waals surface area contributed by atoms with Crippen molar-refractivity contribution in [2.45, 2.75) is 117 Å². The summed E-state index contributed by atoms with van der Waals surface area (Å²) in [5.41, 5.74) is 0.634. The van der Waals surface area contributed by atoms with Crippen molar-refractivity contribution in [3.63, 3.8) is 0 Å². The molecule has 0 atom stereocenters. The molecule has 0 aliphatic heterocycles. The van der Waals surface area contributed by atoms with Gasteiger partial charge in [0.25, 0.3) is 0 Å². The maximum atomic E-state index is 14.8. The number of ketones is 1. The molecule has 4 heteroatoms. The Balaban J connectivity index is 1.21. The summed E-state index contributed by atoms with van der Waals surface area (Å²) < 4.78 is 20.3. The van der Waals surface area contributed by atoms with Crippen LogP contribution in [0.4, 0.5) is 4.39 Å². The second-order valence-electron chi connectivity index (χ2n) is 12.1. The van der Waals surface area contributed by atoms with Crippen molar-refractivity contribution in [2.24, 2.45) is 35.5 Å². The number of hydrogen-bond acceptors (Lipinski definition) is 3. The number of ether oxygens (including phenoxy) is 1. The van der Waals surface area contributed by atoms with E-state index in [9.17, 15) is 14.0 Å². The van der Waals surface area contributed by atoms with Crippen LogP contribution >= 0.6 is 0 Å². The van der Waals surface area contributed by atoms with Gasteiger partial charge in [-0.15, -0.1) is 0 Å². The number of Topliss-reactive ketones (excluding diaryl/α,β-unsaturated/α-hetero) is 1. The van der Waals surface area contributed by atoms with Crippen LogP contribution in [0.25, 0.3) is 0 Å². The van der Waals surface area contributed by atoms with E-state index >= 15 is 0 Å². The Morgan fingerprint density at radius 1 is 0.806 bits per heavy atom. The molecule has 0 aromatic heterocycles. The fraction of sp³-hybridized carbons (Fsp3) is 0.750. The minimum atomic E-state index is -0.591. The second-order valence-corrected chi connectivity index (χ2v) is 12.1. The summed E-state index contributed by atoms with van der Waals surface area (Å²) in [5.74, 6) is 3.27. The molecule has 3 aliphatic carbocycles. The second kappa shape index (κ2) is 12.7. The van der Waals surface area contributed by atoms with Gasteiger partial charge in [-0.3, -0.25) is 9.59 Å². The van der Waals surface area contributed by atoms with Crippen LogP contribution in [0.15, 0.2) is 12.1 Å². The molecule has 200 valence electrons. The Bertz CT molecular complexity index is 885. The minimum Gasteiger partial charge on any atom is -0.423 e. The van der Waals surface area contributed by atoms with E-state index in [0.29, 0.717) is 12.0 Å². The molecule has 3 aliphatic rings. The van der Waals surface area contributed by atoms with Crippen molar-refractivity contribution in [2.75, 3.05) is 0 Å². The van der Waals surface area contributed by atoms with E-state index in [1.807, 2.05) is 0 Å². The SMILES string of the molecule is CCCC1CCC(C2CCC(C3CCC(C(=O)Oc4ccc(C(=O)CC)c(C)c4F)CC3)CC2)CC1. The molecule has 0 N–H and O–H groups in total. The summed E-state index contributed by atoms with van der Waals surface area (Å²) in [6, 6.07) is 3.01. The van der Waals surface area contributed by atoms with Gasteiger partial charge in [0, 0.05) is 12.0 Å². The average molecular weight is 499 g/mol. The molecular formula is C32H47FO3. The lowest BCUT2D eigenvalue weighted by Crippen LogP contribution is -2.32. The van der Waals surface area contributed by atoms with Gasteiger partial charge in [-0.2, -0.15) is 0 Å². The van der Waals surface area contributed by atoms with E-state index in [0.717, 1.165) is 55.3 Å². The Morgan fingerprint density at radius 3 is 1.81 bits per heavy atom. The standard InChI is InChI=1S/C32H47FO3/c1-4-6-22-7-9-23(10-8-22)24-11-13-25(14-12-24)26-15-17-27(18-16-26)32(35)36-30-20-19-28(29(34)5-2)21(3)31(30)33/h19-20,22-27H,4-18H2,1-3H3. The van der Waals surface area contributed by atoms with E-state index in [1.54, 1.807) is 19.9 Å². The molecule has 1 aromatic rings. The number of halogens is 1. The lowest BCUT2D eigenvalue weighted by molar-refractivity contribution is -0.140. The van der Waals surface area contributed by atoms with E-state index < -0.39 is 5.82 Å². The van der Waals surface area contributed by atoms with Crippen molar-refractivity contribution in [1.82, 2.24) is 0 Å². The predicted octanol–water partition coefficient (Wildman–Crippen LogP) is 8.85. The van der Waals surface area contributed by atoms with Gasteiger partial charge in [-0.05, 0) is 118 Å². The molecule has 0 amide bonds. The summed E-state index contributed by atoms with van der Waals surface area (Å²) in [6.45, 7) is 5.66. The van der Waals surface area contributed by atoms with Crippen LogP contribution in [0.5, 0.6) is 5.75 Å². The van der Waals surface area contributed by atoms with Crippen LogP contribution in [0, 0.1) is 48.2 Å². The van der Waals surface area contributed by atoms with Crippen molar-refractivity contribution < 1.29 is 18.7 Å². The van der Waals surface area contributed by atoms with Gasteiger partial charge in [0.1, 0.15) is 0 Å². The fourth-order valence-corrected chi connectivity index (χ4v) is 7.69. The van der Waals surface area contributed by atoms with Gasteiger partial charge >= 0.3 is 5.97 Å². The molecule has 0 unspecified atom stereocenters. The molecule has 4 rings (SSSR count). The van der Waals surface area contributed by atoms with Crippen molar-refractivity contribution in [3.8, 4) is 5.75 Å². The van der Waals surface area contributed by atoms with Crippen molar-refractivity contribution in [3.05, 3.63) is 29.1 Å². The number of rotatable bonds is 8. The highest BCUT2D eigenvalue weighted by Crippen LogP contribution is 2.46. The molecule has 0 spiro atoms. The Kier molecular flexibility index (Phi) is 9.64. The molecule has 0 heterocycles. The van der Waals surface area contributed by atoms with Gasteiger partial charge in [0.05, 0.1) is 5.92 Å². The number of hydrogen-bond donors (Lipinski definition) is 0. The Hall–Kier alpha value is -1.71. The zero-order valence-electron chi connectivity index (χ0n) is 22.8. The Labute approximate surface area is 218 Å². The van der Waals surface area contributed by atoms with E-state index in [2.05, 4.69) is 6.92 Å². The van der Waals surface area contributed by atoms with Crippen LogP contribution in [0.2, 0.25) is 0 Å². The number of esters is 1. The Morgan fingerprint density at radius 2 is 1.31 bits per heavy atom. The highest BCUT2D eigenvalue weighted by Gasteiger charge is 2.36. The molecule has 1 aromatic carbocycles. The first-order valence-corrected chi connectivity index (χ1v) is 14.9. The third-order valence-corrected chi connectivity index (χ3v) is 10.0. The molecular weight excluding hydrogens is 451 g/mol. The lowest BCUT2D eigenvalue weighted by atomic mass is 9.65. The quantitative estimate of drug-likeness (QED) is 0.204. The van der Waals surface area contributed by atoms with Crippen LogP contribution in [-0.4, -0.2) is 11.8 Å². The van der Waals surface area contributed by atoms with E-state index in [4.69, 9.17) is 4.74 Å². The first-order valence-electron chi connectivity index (χ1n) is 14.9. The van der Waals surface area contributed by atoms with Crippen LogP contribution in [-0.2, 0) is 4.79 Å². The first kappa shape index (κ1) is 27.3. The maximum absolute atomic E-state index is 14.8. The van der Waals surface area contributed by atoms with E-state index in [-0.39, 0.29) is 29.0 Å². The highest BCUT2D eigenvalue weighted by atomic mass is 19.1. The summed E-state index contributed by atoms with van der Waals surface area (Å²) in [5, 5.41) is 0. The molecule has 0 bridgehead atoms. The van der Waals surface area contributed by atoms with Gasteiger partial charge in [0.15, 0.2) is 17.3 Å². The number of carbonyl (C=O) groups excluding carboxylic acids is 2. The number of benzene rings is 1. The summed E-state index contributed by atoms with van der Waals surface area (Å²) in [4.78, 5) is 24.8. The third-order valence-electron chi connectivity index (χ3n) is 10.0. The normalized spacial score (nSPS) is 31.1. The third kappa shape index (κ3) is 6.40. The zero-order valence-corrected chi connectivity index (χ0v) is 22.8. The summed E-state index contributed by atoms with van der Waals surface area (Å²) in [6.07, 6.45) is 18.4. The van der Waals surface area contributed by atoms with Gasteiger partial charge < -0.3 is 4.74 Å². The van der Waals surface area contributed by atoms with Crippen molar-refractivity contribution in [1.29, 1.82) is 0 Å². The molecule has 3 fully saturated rings. The maximum Gasteiger partial charge on any atom is 0.314 e. The molecule has 0 saturated heterocycles. The van der Waals surface area contributed by atoms with Crippen LogP contribution in [0.1, 0.15) is 126 Å². The summed E-state index contributed by atoms with van der Waals surface area (Å²) >= 11 is 0. The first-order chi connectivity index (χ1) is 17.4. The molecule has 0 radical (unpaired) electrons. The number of carbonyl (C=O) groups is 2. The van der Waals surface area contributed by atoms with Crippen LogP contribution in [0.3, 0.4) is 0 Å². The fourth-order valence-electron chi connectivity index (χ4n) is 7.69. The zero-order chi connectivity index (χ0) is 25.7.